The number of benzene rings is 1. The van der Waals surface area contributed by atoms with Crippen LogP contribution in [0.5, 0.6) is 0 Å². The number of hydrogen-bond donors (Lipinski definition) is 1. The normalized spacial score (nSPS) is 23.5. The Labute approximate surface area is 125 Å². The third-order valence-electron chi connectivity index (χ3n) is 3.93. The minimum absolute atomic E-state index is 0.127. The fourth-order valence-electron chi connectivity index (χ4n) is 2.81. The third kappa shape index (κ3) is 3.63. The van der Waals surface area contributed by atoms with Crippen molar-refractivity contribution in [3.05, 3.63) is 33.8 Å². The van der Waals surface area contributed by atoms with Crippen LogP contribution in [0.3, 0.4) is 0 Å². The summed E-state index contributed by atoms with van der Waals surface area (Å²) in [4.78, 5) is 0. The lowest BCUT2D eigenvalue weighted by molar-refractivity contribution is 0.116. The highest BCUT2D eigenvalue weighted by Crippen LogP contribution is 2.37. The van der Waals surface area contributed by atoms with E-state index in [1.165, 1.54) is 18.4 Å². The maximum Gasteiger partial charge on any atom is 0.0595 e. The van der Waals surface area contributed by atoms with Gasteiger partial charge in [-0.3, -0.25) is 0 Å². The first-order valence-corrected chi connectivity index (χ1v) is 7.67. The second-order valence-corrected chi connectivity index (χ2v) is 5.95. The van der Waals surface area contributed by atoms with Crippen molar-refractivity contribution in [1.82, 2.24) is 5.32 Å². The van der Waals surface area contributed by atoms with Gasteiger partial charge in [-0.1, -0.05) is 29.3 Å². The maximum atomic E-state index is 6.17. The Hall–Kier alpha value is -0.280. The molecule has 1 fully saturated rings. The van der Waals surface area contributed by atoms with Crippen molar-refractivity contribution < 1.29 is 4.74 Å². The van der Waals surface area contributed by atoms with Crippen molar-refractivity contribution in [1.29, 1.82) is 0 Å². The fourth-order valence-corrected chi connectivity index (χ4v) is 3.11. The minimum atomic E-state index is 0.127. The summed E-state index contributed by atoms with van der Waals surface area (Å²) in [5.41, 5.74) is 1.40. The fraction of sp³-hybridized carbons (Fsp3) is 0.600. The smallest absolute Gasteiger partial charge is 0.0595 e. The Kier molecular flexibility index (Phi) is 5.52. The summed E-state index contributed by atoms with van der Waals surface area (Å²) in [6, 6.07) is 6.02. The van der Waals surface area contributed by atoms with Crippen LogP contribution in [0.25, 0.3) is 0 Å². The average molecular weight is 302 g/mol. The van der Waals surface area contributed by atoms with Crippen molar-refractivity contribution in [3.63, 3.8) is 0 Å². The van der Waals surface area contributed by atoms with E-state index in [1.54, 1.807) is 0 Å². The molecule has 0 saturated carbocycles. The number of halogens is 2. The van der Waals surface area contributed by atoms with E-state index in [9.17, 15) is 0 Å². The van der Waals surface area contributed by atoms with Crippen LogP contribution in [-0.4, -0.2) is 26.3 Å². The van der Waals surface area contributed by atoms with Crippen molar-refractivity contribution in [2.24, 2.45) is 0 Å². The molecular weight excluding hydrogens is 281 g/mol. The standard InChI is InChI=1S/C15H21Cl2NO/c1-2-19-9-7-15(6-3-8-18-11-15)12-4-5-13(16)14(17)10-12/h4-5,10,18H,2-3,6-9,11H2,1H3. The zero-order chi connectivity index (χ0) is 13.7. The van der Waals surface area contributed by atoms with Gasteiger partial charge in [-0.2, -0.15) is 0 Å². The number of piperidine rings is 1. The Balaban J connectivity index is 2.22. The van der Waals surface area contributed by atoms with Crippen LogP contribution in [0.2, 0.25) is 10.0 Å². The Morgan fingerprint density at radius 1 is 1.32 bits per heavy atom. The van der Waals surface area contributed by atoms with Crippen molar-refractivity contribution in [2.45, 2.75) is 31.6 Å². The first-order valence-electron chi connectivity index (χ1n) is 6.92. The molecular formula is C15H21Cl2NO. The molecule has 1 heterocycles. The summed E-state index contributed by atoms with van der Waals surface area (Å²) in [6.45, 7) is 5.67. The molecule has 0 aliphatic carbocycles. The summed E-state index contributed by atoms with van der Waals surface area (Å²) in [6.07, 6.45) is 3.38. The second kappa shape index (κ2) is 6.94. The lowest BCUT2D eigenvalue weighted by Gasteiger charge is -2.38. The van der Waals surface area contributed by atoms with Gasteiger partial charge in [-0.15, -0.1) is 0 Å². The molecule has 0 spiro atoms. The van der Waals surface area contributed by atoms with Gasteiger partial charge in [0.2, 0.25) is 0 Å². The highest BCUT2D eigenvalue weighted by atomic mass is 35.5. The first-order chi connectivity index (χ1) is 9.18. The molecule has 1 aliphatic rings. The van der Waals surface area contributed by atoms with Crippen LogP contribution >= 0.6 is 23.2 Å². The lowest BCUT2D eigenvalue weighted by Crippen LogP contribution is -2.44. The molecule has 4 heteroatoms. The molecule has 1 N–H and O–H groups in total. The predicted octanol–water partition coefficient (Wildman–Crippen LogP) is 4.04. The molecule has 1 aromatic rings. The maximum absolute atomic E-state index is 6.17. The van der Waals surface area contributed by atoms with Crippen molar-refractivity contribution in [3.8, 4) is 0 Å². The van der Waals surface area contributed by atoms with E-state index in [0.29, 0.717) is 10.0 Å². The zero-order valence-corrected chi connectivity index (χ0v) is 12.9. The minimum Gasteiger partial charge on any atom is -0.382 e. The summed E-state index contributed by atoms with van der Waals surface area (Å²) in [7, 11) is 0. The highest BCUT2D eigenvalue weighted by Gasteiger charge is 2.33. The number of nitrogens with one attached hydrogen (secondary N) is 1. The molecule has 19 heavy (non-hydrogen) atoms. The number of hydrogen-bond acceptors (Lipinski definition) is 2. The quantitative estimate of drug-likeness (QED) is 0.829. The van der Waals surface area contributed by atoms with Gasteiger partial charge in [-0.05, 0) is 50.4 Å². The Bertz CT molecular complexity index is 417. The van der Waals surface area contributed by atoms with Crippen LogP contribution in [0.1, 0.15) is 31.7 Å². The van der Waals surface area contributed by atoms with Gasteiger partial charge in [0.25, 0.3) is 0 Å². The van der Waals surface area contributed by atoms with Crippen LogP contribution in [0.15, 0.2) is 18.2 Å². The summed E-state index contributed by atoms with van der Waals surface area (Å²) >= 11 is 12.2. The van der Waals surface area contributed by atoms with Gasteiger partial charge in [0.15, 0.2) is 0 Å². The highest BCUT2D eigenvalue weighted by molar-refractivity contribution is 6.42. The van der Waals surface area contributed by atoms with Gasteiger partial charge in [0.05, 0.1) is 10.0 Å². The number of ether oxygens (including phenoxy) is 1. The number of rotatable bonds is 5. The van der Waals surface area contributed by atoms with Crippen LogP contribution in [0.4, 0.5) is 0 Å². The second-order valence-electron chi connectivity index (χ2n) is 5.14. The van der Waals surface area contributed by atoms with E-state index in [2.05, 4.69) is 11.4 Å². The topological polar surface area (TPSA) is 21.3 Å². The molecule has 106 valence electrons. The average Bonchev–Trinajstić information content (AvgIpc) is 2.43. The molecule has 1 atom stereocenters. The van der Waals surface area contributed by atoms with Crippen molar-refractivity contribution >= 4 is 23.2 Å². The molecule has 1 aliphatic heterocycles. The lowest BCUT2D eigenvalue weighted by atomic mass is 9.72. The largest absolute Gasteiger partial charge is 0.382 e. The van der Waals surface area contributed by atoms with Gasteiger partial charge < -0.3 is 10.1 Å². The summed E-state index contributed by atoms with van der Waals surface area (Å²) < 4.78 is 5.55. The Morgan fingerprint density at radius 3 is 2.79 bits per heavy atom. The zero-order valence-electron chi connectivity index (χ0n) is 11.3. The van der Waals surface area contributed by atoms with Crippen molar-refractivity contribution in [2.75, 3.05) is 26.3 Å². The van der Waals surface area contributed by atoms with E-state index < -0.39 is 0 Å². The summed E-state index contributed by atoms with van der Waals surface area (Å²) in [5, 5.41) is 4.76. The van der Waals surface area contributed by atoms with Crippen LogP contribution in [0, 0.1) is 0 Å². The monoisotopic (exact) mass is 301 g/mol. The van der Waals surface area contributed by atoms with Crippen LogP contribution < -0.4 is 5.32 Å². The van der Waals surface area contributed by atoms with E-state index >= 15 is 0 Å². The SMILES string of the molecule is CCOCCC1(c2ccc(Cl)c(Cl)c2)CCCNC1. The van der Waals surface area contributed by atoms with Crippen LogP contribution in [-0.2, 0) is 10.2 Å². The third-order valence-corrected chi connectivity index (χ3v) is 4.67. The molecule has 1 saturated heterocycles. The molecule has 0 radical (unpaired) electrons. The molecule has 1 aromatic carbocycles. The van der Waals surface area contributed by atoms with E-state index in [-0.39, 0.29) is 5.41 Å². The van der Waals surface area contributed by atoms with E-state index in [1.807, 2.05) is 19.1 Å². The predicted molar refractivity (Wildman–Crippen MR) is 81.4 cm³/mol. The van der Waals surface area contributed by atoms with Gasteiger partial charge in [-0.25, -0.2) is 0 Å². The first kappa shape index (κ1) is 15.1. The summed E-state index contributed by atoms with van der Waals surface area (Å²) in [5.74, 6) is 0. The Morgan fingerprint density at radius 2 is 2.16 bits per heavy atom. The molecule has 0 aromatic heterocycles. The molecule has 2 nitrogen and oxygen atoms in total. The van der Waals surface area contributed by atoms with Gasteiger partial charge in [0, 0.05) is 25.2 Å². The van der Waals surface area contributed by atoms with E-state index in [0.717, 1.165) is 32.7 Å². The molecule has 2 rings (SSSR count). The van der Waals surface area contributed by atoms with E-state index in [4.69, 9.17) is 27.9 Å². The van der Waals surface area contributed by atoms with Gasteiger partial charge in [0.1, 0.15) is 0 Å². The molecule has 0 bridgehead atoms. The molecule has 0 amide bonds. The van der Waals surface area contributed by atoms with Gasteiger partial charge >= 0.3 is 0 Å². The molecule has 1 unspecified atom stereocenters.